The summed E-state index contributed by atoms with van der Waals surface area (Å²) in [6.07, 6.45) is 0. The molecule has 2 heterocycles. The number of nitrogens with zero attached hydrogens (tertiary/aromatic N) is 2. The second-order valence-corrected chi connectivity index (χ2v) is 11.7. The molecule has 0 spiro atoms. The monoisotopic (exact) mass is 664 g/mol. The molecule has 1 saturated heterocycles. The number of thiazole rings is 1. The molecule has 3 aromatic carbocycles. The first-order valence-corrected chi connectivity index (χ1v) is 14.4. The van der Waals surface area contributed by atoms with Gasteiger partial charge in [-0.25, -0.2) is 4.98 Å². The van der Waals surface area contributed by atoms with E-state index in [1.54, 1.807) is 31.2 Å². The Bertz CT molecular complexity index is 1660. The smallest absolute Gasteiger partial charge is 0.301 e. The van der Waals surface area contributed by atoms with Crippen LogP contribution in [0.4, 0.5) is 5.13 Å². The summed E-state index contributed by atoms with van der Waals surface area (Å²) in [6, 6.07) is 21.1. The van der Waals surface area contributed by atoms with Crippen LogP contribution in [-0.4, -0.2) is 27.6 Å². The first-order chi connectivity index (χ1) is 19.2. The number of aliphatic hydroxyl groups excluding tert-OH is 1. The molecule has 0 saturated carbocycles. The second-order valence-electron chi connectivity index (χ2n) is 9.43. The number of rotatable bonds is 7. The first-order valence-electron chi connectivity index (χ1n) is 12.5. The summed E-state index contributed by atoms with van der Waals surface area (Å²) < 4.78 is 6.89. The van der Waals surface area contributed by atoms with Gasteiger partial charge < -0.3 is 9.84 Å². The van der Waals surface area contributed by atoms with Crippen molar-refractivity contribution in [3.05, 3.63) is 115 Å². The van der Waals surface area contributed by atoms with E-state index in [4.69, 9.17) is 4.74 Å². The molecule has 9 heteroatoms. The number of Topliss-reactive ketones (excluding diaryl/α,β-unsaturated/α-hetero) is 2. The third-order valence-corrected chi connectivity index (χ3v) is 8.70. The predicted octanol–water partition coefficient (Wildman–Crippen LogP) is 6.77. The third kappa shape index (κ3) is 5.31. The number of anilines is 1. The number of halogens is 1. The van der Waals surface area contributed by atoms with Crippen molar-refractivity contribution in [2.45, 2.75) is 33.4 Å². The van der Waals surface area contributed by atoms with Gasteiger partial charge in [0.05, 0.1) is 22.2 Å². The Morgan fingerprint density at radius 2 is 1.70 bits per heavy atom. The maximum Gasteiger partial charge on any atom is 0.301 e. The topological polar surface area (TPSA) is 96.8 Å². The van der Waals surface area contributed by atoms with Crippen LogP contribution in [0.25, 0.3) is 5.76 Å². The van der Waals surface area contributed by atoms with Crippen molar-refractivity contribution in [1.82, 2.24) is 4.98 Å². The normalized spacial score (nSPS) is 16.4. The molecular weight excluding hydrogens is 639 g/mol. The summed E-state index contributed by atoms with van der Waals surface area (Å²) in [6.45, 7) is 5.54. The summed E-state index contributed by atoms with van der Waals surface area (Å²) in [4.78, 5) is 45.0. The number of ether oxygens (including phenoxy) is 1. The van der Waals surface area contributed by atoms with Gasteiger partial charge in [0.25, 0.3) is 5.78 Å². The Labute approximate surface area is 249 Å². The Morgan fingerprint density at radius 1 is 1.02 bits per heavy atom. The standard InChI is InChI=1S/C31H25IN2O5S/c1-17-6-4-5-7-22(17)16-39-24-14-10-21(11-15-24)27(36)25-26(20-8-12-23(32)13-9-20)34(30(38)28(25)37)31-33-18(2)29(40-31)19(3)35/h4-15,26,36H,16H2,1-3H3/b27-25+. The van der Waals surface area contributed by atoms with E-state index in [9.17, 15) is 19.5 Å². The first kappa shape index (κ1) is 27.7. The highest BCUT2D eigenvalue weighted by atomic mass is 127. The van der Waals surface area contributed by atoms with Crippen LogP contribution in [0.15, 0.2) is 78.4 Å². The molecule has 1 unspecified atom stereocenters. The molecule has 202 valence electrons. The molecule has 0 bridgehead atoms. The van der Waals surface area contributed by atoms with Gasteiger partial charge in [-0.05, 0) is 89.5 Å². The molecule has 40 heavy (non-hydrogen) atoms. The highest BCUT2D eigenvalue weighted by molar-refractivity contribution is 14.1. The number of aryl methyl sites for hydroxylation is 2. The van der Waals surface area contributed by atoms with Gasteiger partial charge >= 0.3 is 5.91 Å². The van der Waals surface area contributed by atoms with E-state index in [-0.39, 0.29) is 22.2 Å². The Kier molecular flexibility index (Phi) is 7.86. The lowest BCUT2D eigenvalue weighted by Gasteiger charge is -2.23. The number of hydrogen-bond donors (Lipinski definition) is 1. The lowest BCUT2D eigenvalue weighted by atomic mass is 9.95. The zero-order valence-electron chi connectivity index (χ0n) is 22.0. The van der Waals surface area contributed by atoms with E-state index in [0.29, 0.717) is 34.1 Å². The van der Waals surface area contributed by atoms with E-state index >= 15 is 0 Å². The molecule has 1 N–H and O–H groups in total. The van der Waals surface area contributed by atoms with Gasteiger partial charge in [-0.1, -0.05) is 47.7 Å². The predicted molar refractivity (Wildman–Crippen MR) is 163 cm³/mol. The lowest BCUT2D eigenvalue weighted by Crippen LogP contribution is -2.29. The molecule has 7 nitrogen and oxygen atoms in total. The molecule has 5 rings (SSSR count). The number of aliphatic hydroxyl groups is 1. The maximum atomic E-state index is 13.4. The van der Waals surface area contributed by atoms with E-state index in [1.165, 1.54) is 11.8 Å². The van der Waals surface area contributed by atoms with Crippen LogP contribution in [0.5, 0.6) is 5.75 Å². The van der Waals surface area contributed by atoms with Crippen LogP contribution < -0.4 is 9.64 Å². The van der Waals surface area contributed by atoms with Crippen molar-refractivity contribution < 1.29 is 24.2 Å². The Morgan fingerprint density at radius 3 is 2.33 bits per heavy atom. The highest BCUT2D eigenvalue weighted by Gasteiger charge is 2.48. The highest BCUT2D eigenvalue weighted by Crippen LogP contribution is 2.44. The van der Waals surface area contributed by atoms with Crippen molar-refractivity contribution in [2.75, 3.05) is 4.90 Å². The minimum Gasteiger partial charge on any atom is -0.507 e. The second kappa shape index (κ2) is 11.3. The summed E-state index contributed by atoms with van der Waals surface area (Å²) >= 11 is 3.23. The maximum absolute atomic E-state index is 13.4. The quantitative estimate of drug-likeness (QED) is 0.0771. The van der Waals surface area contributed by atoms with E-state index in [1.807, 2.05) is 55.5 Å². The zero-order chi connectivity index (χ0) is 28.6. The van der Waals surface area contributed by atoms with Crippen molar-refractivity contribution in [3.8, 4) is 5.75 Å². The number of ketones is 2. The summed E-state index contributed by atoms with van der Waals surface area (Å²) in [5.74, 6) is -1.50. The lowest BCUT2D eigenvalue weighted by molar-refractivity contribution is -0.132. The van der Waals surface area contributed by atoms with E-state index in [0.717, 1.165) is 26.0 Å². The average molecular weight is 665 g/mol. The minimum atomic E-state index is -0.917. The van der Waals surface area contributed by atoms with Gasteiger partial charge in [-0.15, -0.1) is 0 Å². The fraction of sp³-hybridized carbons (Fsp3) is 0.161. The van der Waals surface area contributed by atoms with E-state index in [2.05, 4.69) is 27.6 Å². The van der Waals surface area contributed by atoms with Gasteiger partial charge in [-0.2, -0.15) is 0 Å². The molecule has 1 amide bonds. The number of aromatic nitrogens is 1. The Hall–Kier alpha value is -3.83. The Balaban J connectivity index is 1.53. The van der Waals surface area contributed by atoms with Crippen molar-refractivity contribution in [1.29, 1.82) is 0 Å². The molecule has 1 fully saturated rings. The minimum absolute atomic E-state index is 0.0444. The van der Waals surface area contributed by atoms with Crippen LogP contribution in [0, 0.1) is 17.4 Å². The van der Waals surface area contributed by atoms with Crippen molar-refractivity contribution >= 4 is 62.3 Å². The fourth-order valence-electron chi connectivity index (χ4n) is 4.60. The number of amides is 1. The van der Waals surface area contributed by atoms with Crippen molar-refractivity contribution in [3.63, 3.8) is 0 Å². The molecule has 1 aliphatic heterocycles. The van der Waals surface area contributed by atoms with Crippen LogP contribution in [0.3, 0.4) is 0 Å². The molecule has 0 aliphatic carbocycles. The third-order valence-electron chi connectivity index (χ3n) is 6.72. The largest absolute Gasteiger partial charge is 0.507 e. The van der Waals surface area contributed by atoms with Gasteiger partial charge in [0, 0.05) is 16.1 Å². The molecule has 1 aromatic heterocycles. The van der Waals surface area contributed by atoms with Crippen LogP contribution in [-0.2, 0) is 16.2 Å². The van der Waals surface area contributed by atoms with Gasteiger partial charge in [0.15, 0.2) is 10.9 Å². The number of benzene rings is 3. The van der Waals surface area contributed by atoms with Gasteiger partial charge in [-0.3, -0.25) is 19.3 Å². The molecule has 1 aliphatic rings. The van der Waals surface area contributed by atoms with Gasteiger partial charge in [0.2, 0.25) is 0 Å². The summed E-state index contributed by atoms with van der Waals surface area (Å²) in [5, 5.41) is 11.6. The number of hydrogen-bond acceptors (Lipinski definition) is 7. The average Bonchev–Trinajstić information content (AvgIpc) is 3.45. The van der Waals surface area contributed by atoms with Crippen molar-refractivity contribution in [2.24, 2.45) is 0 Å². The number of carbonyl (C=O) groups is 3. The molecule has 1 atom stereocenters. The van der Waals surface area contributed by atoms with E-state index < -0.39 is 17.7 Å². The molecule has 0 radical (unpaired) electrons. The summed E-state index contributed by atoms with van der Waals surface area (Å²) in [7, 11) is 0. The fourth-order valence-corrected chi connectivity index (χ4v) is 5.95. The van der Waals surface area contributed by atoms with Crippen LogP contribution >= 0.6 is 33.9 Å². The SMILES string of the molecule is CC(=O)c1sc(N2C(=O)C(=O)/C(=C(/O)c3ccc(OCc4ccccc4C)cc3)C2c2ccc(I)cc2)nc1C. The summed E-state index contributed by atoms with van der Waals surface area (Å²) in [5.41, 5.74) is 3.64. The molecular formula is C31H25IN2O5S. The van der Waals surface area contributed by atoms with Gasteiger partial charge in [0.1, 0.15) is 18.1 Å². The molecule has 4 aromatic rings. The zero-order valence-corrected chi connectivity index (χ0v) is 24.9. The number of carbonyl (C=O) groups excluding carboxylic acids is 3. The van der Waals surface area contributed by atoms with Crippen LogP contribution in [0.1, 0.15) is 50.6 Å². The van der Waals surface area contributed by atoms with Crippen LogP contribution in [0.2, 0.25) is 0 Å².